The van der Waals surface area contributed by atoms with E-state index in [1.807, 2.05) is 6.08 Å². The number of hydrogen-bond acceptors (Lipinski definition) is 18. The van der Waals surface area contributed by atoms with Crippen LogP contribution in [0.2, 0.25) is 0 Å². The summed E-state index contributed by atoms with van der Waals surface area (Å²) in [4.78, 5) is 13.3. The highest BCUT2D eigenvalue weighted by Crippen LogP contribution is 2.33. The Labute approximate surface area is 453 Å². The molecule has 0 bridgehead atoms. The number of carbonyl (C=O) groups is 1. The van der Waals surface area contributed by atoms with E-state index in [9.17, 15) is 61.0 Å². The fourth-order valence-corrected chi connectivity index (χ4v) is 9.62. The lowest BCUT2D eigenvalue weighted by molar-refractivity contribution is -0.379. The number of aliphatic hydroxyl groups is 11. The van der Waals surface area contributed by atoms with Gasteiger partial charge in [0.1, 0.15) is 73.2 Å². The second-order valence-corrected chi connectivity index (χ2v) is 20.7. The first-order valence-corrected chi connectivity index (χ1v) is 28.9. The van der Waals surface area contributed by atoms with Crippen molar-refractivity contribution in [2.24, 2.45) is 0 Å². The molecule has 0 saturated carbocycles. The Morgan fingerprint density at radius 2 is 0.908 bits per heavy atom. The minimum absolute atomic E-state index is 0.222. The van der Waals surface area contributed by atoms with Crippen molar-refractivity contribution in [1.29, 1.82) is 0 Å². The van der Waals surface area contributed by atoms with E-state index in [4.69, 9.17) is 28.4 Å². The Morgan fingerprint density at radius 1 is 0.487 bits per heavy atom. The van der Waals surface area contributed by atoms with Gasteiger partial charge in [-0.05, 0) is 51.4 Å². The molecule has 3 aliphatic heterocycles. The molecule has 0 radical (unpaired) electrons. The molecule has 3 saturated heterocycles. The van der Waals surface area contributed by atoms with E-state index >= 15 is 0 Å². The van der Waals surface area contributed by atoms with Gasteiger partial charge in [-0.2, -0.15) is 0 Å². The van der Waals surface area contributed by atoms with Gasteiger partial charge in [0, 0.05) is 6.42 Å². The molecule has 19 heteroatoms. The quantitative estimate of drug-likeness (QED) is 0.0300. The second-order valence-electron chi connectivity index (χ2n) is 20.7. The standard InChI is InChI=1S/C57H101NO18/c1-3-5-7-9-11-13-15-17-19-21-22-24-26-28-30-32-34-41(62)40(58-45(63)35-33-31-29-27-25-23-20-18-16-14-12-10-8-6-4-2)39-71-55-51(69)48(66)53(43(37-60)73-55)76-57-52(70)49(67)54(44(38-61)74-57)75-56-50(68)47(65)46(64)42(36-59)72-56/h6,8,12,14,18,20,32,34,40-44,46-57,59-62,64-70H,3-5,7,9-11,13,15-17,19,21-31,33,35-39H2,1-2H3,(H,58,63)/b8-6-,14-12-,20-18-,34-32+. The number of rotatable bonds is 41. The van der Waals surface area contributed by atoms with E-state index in [1.54, 1.807) is 6.08 Å². The van der Waals surface area contributed by atoms with Crippen molar-refractivity contribution >= 4 is 5.91 Å². The summed E-state index contributed by atoms with van der Waals surface area (Å²) in [5, 5.41) is 120. The third kappa shape index (κ3) is 25.0. The fourth-order valence-electron chi connectivity index (χ4n) is 9.62. The Kier molecular flexibility index (Phi) is 36.6. The van der Waals surface area contributed by atoms with Crippen molar-refractivity contribution in [2.75, 3.05) is 26.4 Å². The molecule has 3 aliphatic rings. The third-order valence-electron chi connectivity index (χ3n) is 14.4. The molecule has 0 aliphatic carbocycles. The monoisotopic (exact) mass is 1090 g/mol. The predicted octanol–water partition coefficient (Wildman–Crippen LogP) is 4.31. The van der Waals surface area contributed by atoms with Gasteiger partial charge in [0.2, 0.25) is 5.91 Å². The van der Waals surface area contributed by atoms with Gasteiger partial charge in [0.15, 0.2) is 18.9 Å². The van der Waals surface area contributed by atoms with Crippen molar-refractivity contribution in [3.05, 3.63) is 48.6 Å². The molecule has 3 fully saturated rings. The van der Waals surface area contributed by atoms with E-state index in [1.165, 1.54) is 70.6 Å². The number of carbonyl (C=O) groups excluding carboxylic acids is 1. The lowest BCUT2D eigenvalue weighted by Crippen LogP contribution is -2.66. The van der Waals surface area contributed by atoms with E-state index in [0.717, 1.165) is 77.0 Å². The molecule has 0 spiro atoms. The van der Waals surface area contributed by atoms with Gasteiger partial charge >= 0.3 is 0 Å². The van der Waals surface area contributed by atoms with Crippen LogP contribution >= 0.6 is 0 Å². The lowest BCUT2D eigenvalue weighted by atomic mass is 9.96. The van der Waals surface area contributed by atoms with Gasteiger partial charge < -0.3 is 89.9 Å². The largest absolute Gasteiger partial charge is 0.394 e. The highest BCUT2D eigenvalue weighted by Gasteiger charge is 2.53. The second kappa shape index (κ2) is 40.9. The Bertz CT molecular complexity index is 1580. The van der Waals surface area contributed by atoms with E-state index in [0.29, 0.717) is 6.42 Å². The van der Waals surface area contributed by atoms with Crippen LogP contribution in [0.15, 0.2) is 48.6 Å². The van der Waals surface area contributed by atoms with Crippen LogP contribution in [0.4, 0.5) is 0 Å². The highest BCUT2D eigenvalue weighted by molar-refractivity contribution is 5.76. The van der Waals surface area contributed by atoms with Gasteiger partial charge in [-0.3, -0.25) is 4.79 Å². The Morgan fingerprint density at radius 3 is 1.42 bits per heavy atom. The summed E-state index contributed by atoms with van der Waals surface area (Å²) < 4.78 is 34.2. The molecule has 3 rings (SSSR count). The van der Waals surface area contributed by atoms with E-state index in [2.05, 4.69) is 55.6 Å². The first-order valence-electron chi connectivity index (χ1n) is 28.9. The van der Waals surface area contributed by atoms with Crippen LogP contribution in [0.1, 0.15) is 174 Å². The molecule has 0 aromatic carbocycles. The third-order valence-corrected chi connectivity index (χ3v) is 14.4. The normalized spacial score (nSPS) is 31.3. The highest BCUT2D eigenvalue weighted by atomic mass is 16.8. The van der Waals surface area contributed by atoms with Crippen molar-refractivity contribution in [3.8, 4) is 0 Å². The zero-order chi connectivity index (χ0) is 55.5. The number of ether oxygens (including phenoxy) is 6. The molecule has 17 atom stereocenters. The molecular weight excluding hydrogens is 987 g/mol. The summed E-state index contributed by atoms with van der Waals surface area (Å²) in [6, 6.07) is -0.982. The van der Waals surface area contributed by atoms with Crippen LogP contribution in [-0.4, -0.2) is 193 Å². The van der Waals surface area contributed by atoms with Crippen molar-refractivity contribution < 1.29 is 89.4 Å². The zero-order valence-electron chi connectivity index (χ0n) is 45.7. The molecular formula is C57H101NO18. The molecule has 17 unspecified atom stereocenters. The summed E-state index contributed by atoms with van der Waals surface area (Å²) in [6.07, 6.45) is 16.6. The minimum atomic E-state index is -1.98. The minimum Gasteiger partial charge on any atom is -0.394 e. The molecule has 1 amide bonds. The zero-order valence-corrected chi connectivity index (χ0v) is 45.7. The number of unbranched alkanes of at least 4 members (excludes halogenated alkanes) is 19. The van der Waals surface area contributed by atoms with E-state index < -0.39 is 124 Å². The molecule has 76 heavy (non-hydrogen) atoms. The smallest absolute Gasteiger partial charge is 0.220 e. The lowest BCUT2D eigenvalue weighted by Gasteiger charge is -2.48. The van der Waals surface area contributed by atoms with Crippen LogP contribution in [-0.2, 0) is 33.2 Å². The first kappa shape index (κ1) is 68.0. The van der Waals surface area contributed by atoms with Crippen LogP contribution in [0.5, 0.6) is 0 Å². The van der Waals surface area contributed by atoms with Crippen molar-refractivity contribution in [1.82, 2.24) is 5.32 Å². The topological polar surface area (TPSA) is 307 Å². The van der Waals surface area contributed by atoms with Crippen LogP contribution in [0.3, 0.4) is 0 Å². The summed E-state index contributed by atoms with van der Waals surface area (Å²) in [5.41, 5.74) is 0. The average molecular weight is 1090 g/mol. The number of aliphatic hydroxyl groups excluding tert-OH is 11. The number of nitrogens with one attached hydrogen (secondary N) is 1. The summed E-state index contributed by atoms with van der Waals surface area (Å²) in [7, 11) is 0. The van der Waals surface area contributed by atoms with Gasteiger partial charge in [0.25, 0.3) is 0 Å². The van der Waals surface area contributed by atoms with Gasteiger partial charge in [-0.1, -0.05) is 165 Å². The molecule has 0 aromatic rings. The SMILES string of the molecule is CC/C=C\C/C=C\C/C=C\CCCCCCCC(=O)NC(COC1OC(CO)C(OC2OC(CO)C(OC3OC(CO)C(O)C(O)C3O)C(O)C2O)C(O)C1O)C(O)/C=C/CCCCCCCCCCCCCCCC. The van der Waals surface area contributed by atoms with Gasteiger partial charge in [-0.25, -0.2) is 0 Å². The summed E-state index contributed by atoms with van der Waals surface area (Å²) in [6.45, 7) is 1.57. The number of hydrogen-bond donors (Lipinski definition) is 12. The molecule has 442 valence electrons. The predicted molar refractivity (Wildman–Crippen MR) is 286 cm³/mol. The van der Waals surface area contributed by atoms with Crippen molar-refractivity contribution in [2.45, 2.75) is 279 Å². The average Bonchev–Trinajstić information content (AvgIpc) is 3.41. The van der Waals surface area contributed by atoms with E-state index in [-0.39, 0.29) is 18.9 Å². The maximum atomic E-state index is 13.3. The molecule has 0 aromatic heterocycles. The summed E-state index contributed by atoms with van der Waals surface area (Å²) in [5.74, 6) is -0.295. The number of amides is 1. The Balaban J connectivity index is 1.53. The van der Waals surface area contributed by atoms with Crippen LogP contribution in [0, 0.1) is 0 Å². The van der Waals surface area contributed by atoms with Gasteiger partial charge in [0.05, 0.1) is 38.6 Å². The maximum absolute atomic E-state index is 13.3. The van der Waals surface area contributed by atoms with Crippen molar-refractivity contribution in [3.63, 3.8) is 0 Å². The maximum Gasteiger partial charge on any atom is 0.220 e. The fraction of sp³-hybridized carbons (Fsp3) is 0.842. The van der Waals surface area contributed by atoms with Crippen LogP contribution < -0.4 is 5.32 Å². The summed E-state index contributed by atoms with van der Waals surface area (Å²) >= 11 is 0. The molecule has 19 nitrogen and oxygen atoms in total. The first-order chi connectivity index (χ1) is 36.8. The molecule has 12 N–H and O–H groups in total. The molecule has 3 heterocycles. The van der Waals surface area contributed by atoms with Gasteiger partial charge in [-0.15, -0.1) is 0 Å². The van der Waals surface area contributed by atoms with Crippen LogP contribution in [0.25, 0.3) is 0 Å². The number of allylic oxidation sites excluding steroid dienone is 7. The Hall–Kier alpha value is -2.25.